The van der Waals surface area contributed by atoms with Gasteiger partial charge in [-0.15, -0.1) is 0 Å². The monoisotopic (exact) mass is 278 g/mol. The van der Waals surface area contributed by atoms with Crippen LogP contribution in [0.4, 0.5) is 11.9 Å². The van der Waals surface area contributed by atoms with Crippen molar-refractivity contribution in [3.8, 4) is 6.01 Å². The van der Waals surface area contributed by atoms with Gasteiger partial charge in [0.2, 0.25) is 11.9 Å². The lowest BCUT2D eigenvalue weighted by molar-refractivity contribution is 0.379. The molecular formula is C11H18N8O. The topological polar surface area (TPSA) is 103 Å². The maximum Gasteiger partial charge on any atom is 0.322 e. The Morgan fingerprint density at radius 2 is 1.95 bits per heavy atom. The van der Waals surface area contributed by atoms with Crippen molar-refractivity contribution in [3.63, 3.8) is 0 Å². The number of aromatic nitrogens is 6. The molecule has 0 saturated heterocycles. The summed E-state index contributed by atoms with van der Waals surface area (Å²) in [4.78, 5) is 16.6. The molecule has 0 fully saturated rings. The first-order valence-corrected chi connectivity index (χ1v) is 6.33. The number of rotatable bonds is 7. The van der Waals surface area contributed by atoms with E-state index in [9.17, 15) is 0 Å². The fraction of sp³-hybridized carbons (Fsp3) is 0.545. The molecule has 0 unspecified atom stereocenters. The summed E-state index contributed by atoms with van der Waals surface area (Å²) < 4.78 is 6.71. The van der Waals surface area contributed by atoms with Crippen molar-refractivity contribution in [1.29, 1.82) is 0 Å². The van der Waals surface area contributed by atoms with Gasteiger partial charge >= 0.3 is 6.01 Å². The second-order valence-electron chi connectivity index (χ2n) is 4.01. The highest BCUT2D eigenvalue weighted by atomic mass is 16.5. The van der Waals surface area contributed by atoms with Gasteiger partial charge in [-0.25, -0.2) is 4.98 Å². The average Bonchev–Trinajstić information content (AvgIpc) is 2.84. The molecule has 0 atom stereocenters. The van der Waals surface area contributed by atoms with E-state index in [-0.39, 0.29) is 6.01 Å². The summed E-state index contributed by atoms with van der Waals surface area (Å²) >= 11 is 0. The van der Waals surface area contributed by atoms with Crippen LogP contribution < -0.4 is 15.4 Å². The molecule has 0 aliphatic heterocycles. The first kappa shape index (κ1) is 14.0. The summed E-state index contributed by atoms with van der Waals surface area (Å²) in [6, 6.07) is 0.273. The van der Waals surface area contributed by atoms with Crippen LogP contribution in [0, 0.1) is 0 Å². The molecule has 0 aromatic carbocycles. The van der Waals surface area contributed by atoms with Crippen molar-refractivity contribution < 1.29 is 4.74 Å². The van der Waals surface area contributed by atoms with Crippen molar-refractivity contribution >= 4 is 11.9 Å². The Morgan fingerprint density at radius 1 is 1.20 bits per heavy atom. The quantitative estimate of drug-likeness (QED) is 0.735. The van der Waals surface area contributed by atoms with E-state index in [0.717, 1.165) is 12.4 Å². The molecule has 0 radical (unpaired) electrons. The van der Waals surface area contributed by atoms with Crippen LogP contribution >= 0.6 is 0 Å². The van der Waals surface area contributed by atoms with Crippen LogP contribution in [0.15, 0.2) is 6.33 Å². The zero-order valence-electron chi connectivity index (χ0n) is 11.8. The Balaban J connectivity index is 1.95. The van der Waals surface area contributed by atoms with E-state index in [1.165, 1.54) is 7.11 Å². The molecule has 9 nitrogen and oxygen atoms in total. The van der Waals surface area contributed by atoms with E-state index in [1.54, 1.807) is 11.0 Å². The molecule has 2 N–H and O–H groups in total. The fourth-order valence-electron chi connectivity index (χ4n) is 1.55. The van der Waals surface area contributed by atoms with Gasteiger partial charge in [0.15, 0.2) is 5.82 Å². The number of hydrogen-bond acceptors (Lipinski definition) is 8. The number of ether oxygens (including phenoxy) is 1. The summed E-state index contributed by atoms with van der Waals surface area (Å²) in [5.74, 6) is 1.72. The SMILES string of the molecule is CCNc1nc(NCCc2ncn(C)n2)nc(OC)n1. The molecular weight excluding hydrogens is 260 g/mol. The molecule has 2 heterocycles. The van der Waals surface area contributed by atoms with Crippen molar-refractivity contribution in [2.75, 3.05) is 30.8 Å². The minimum absolute atomic E-state index is 0.273. The Bertz CT molecular complexity index is 555. The van der Waals surface area contributed by atoms with Gasteiger partial charge in [-0.05, 0) is 6.92 Å². The largest absolute Gasteiger partial charge is 0.467 e. The average molecular weight is 278 g/mol. The van der Waals surface area contributed by atoms with Gasteiger partial charge in [0, 0.05) is 26.6 Å². The summed E-state index contributed by atoms with van der Waals surface area (Å²) in [5, 5.41) is 10.3. The third-order valence-electron chi connectivity index (χ3n) is 2.41. The Kier molecular flexibility index (Phi) is 4.64. The molecule has 0 saturated carbocycles. The van der Waals surface area contributed by atoms with Crippen LogP contribution in [-0.4, -0.2) is 49.9 Å². The van der Waals surface area contributed by atoms with Crippen LogP contribution in [-0.2, 0) is 13.5 Å². The van der Waals surface area contributed by atoms with Gasteiger partial charge in [0.05, 0.1) is 7.11 Å². The van der Waals surface area contributed by atoms with Gasteiger partial charge in [-0.1, -0.05) is 0 Å². The standard InChI is InChI=1S/C11H18N8O/c1-4-12-9-15-10(17-11(16-9)20-3)13-6-5-8-14-7-19(2)18-8/h7H,4-6H2,1-3H3,(H2,12,13,15,16,17). The van der Waals surface area contributed by atoms with Crippen LogP contribution in [0.3, 0.4) is 0 Å². The van der Waals surface area contributed by atoms with Crippen molar-refractivity contribution in [2.24, 2.45) is 7.05 Å². The lowest BCUT2D eigenvalue weighted by Gasteiger charge is -2.07. The van der Waals surface area contributed by atoms with Gasteiger partial charge in [-0.3, -0.25) is 4.68 Å². The van der Waals surface area contributed by atoms with Crippen LogP contribution in [0.2, 0.25) is 0 Å². The number of nitrogens with zero attached hydrogens (tertiary/aromatic N) is 6. The minimum Gasteiger partial charge on any atom is -0.467 e. The van der Waals surface area contributed by atoms with E-state index in [1.807, 2.05) is 14.0 Å². The zero-order valence-corrected chi connectivity index (χ0v) is 11.8. The minimum atomic E-state index is 0.273. The Morgan fingerprint density at radius 3 is 2.55 bits per heavy atom. The maximum absolute atomic E-state index is 5.04. The number of nitrogens with one attached hydrogen (secondary N) is 2. The zero-order chi connectivity index (χ0) is 14.4. The summed E-state index contributed by atoms with van der Waals surface area (Å²) in [5.41, 5.74) is 0. The van der Waals surface area contributed by atoms with Crippen molar-refractivity contribution in [1.82, 2.24) is 29.7 Å². The second kappa shape index (κ2) is 6.64. The molecule has 2 aromatic rings. The molecule has 20 heavy (non-hydrogen) atoms. The smallest absolute Gasteiger partial charge is 0.322 e. The predicted octanol–water partition coefficient (Wildman–Crippen LogP) is 0.0951. The second-order valence-corrected chi connectivity index (χ2v) is 4.01. The van der Waals surface area contributed by atoms with E-state index >= 15 is 0 Å². The van der Waals surface area contributed by atoms with Crippen molar-refractivity contribution in [3.05, 3.63) is 12.2 Å². The van der Waals surface area contributed by atoms with Gasteiger partial charge in [-0.2, -0.15) is 20.1 Å². The Labute approximate surface area is 116 Å². The van der Waals surface area contributed by atoms with E-state index in [4.69, 9.17) is 4.74 Å². The highest BCUT2D eigenvalue weighted by Crippen LogP contribution is 2.10. The summed E-state index contributed by atoms with van der Waals surface area (Å²) in [6.45, 7) is 3.32. The first-order valence-electron chi connectivity index (χ1n) is 6.33. The molecule has 9 heteroatoms. The van der Waals surface area contributed by atoms with Gasteiger partial charge in [0.1, 0.15) is 6.33 Å². The molecule has 0 spiro atoms. The molecule has 0 amide bonds. The highest BCUT2D eigenvalue weighted by Gasteiger charge is 2.06. The van der Waals surface area contributed by atoms with Gasteiger partial charge in [0.25, 0.3) is 0 Å². The van der Waals surface area contributed by atoms with Gasteiger partial charge < -0.3 is 15.4 Å². The molecule has 0 bridgehead atoms. The van der Waals surface area contributed by atoms with E-state index < -0.39 is 0 Å². The predicted molar refractivity (Wildman–Crippen MR) is 73.7 cm³/mol. The maximum atomic E-state index is 5.04. The molecule has 108 valence electrons. The van der Waals surface area contributed by atoms with Crippen LogP contribution in [0.25, 0.3) is 0 Å². The lowest BCUT2D eigenvalue weighted by atomic mass is 10.4. The summed E-state index contributed by atoms with van der Waals surface area (Å²) in [6.07, 6.45) is 2.36. The third-order valence-corrected chi connectivity index (χ3v) is 2.41. The fourth-order valence-corrected chi connectivity index (χ4v) is 1.55. The third kappa shape index (κ3) is 3.77. The first-order chi connectivity index (χ1) is 9.71. The molecule has 2 rings (SSSR count). The van der Waals surface area contributed by atoms with Crippen LogP contribution in [0.5, 0.6) is 6.01 Å². The van der Waals surface area contributed by atoms with Crippen LogP contribution in [0.1, 0.15) is 12.7 Å². The number of aryl methyl sites for hydroxylation is 1. The normalized spacial score (nSPS) is 10.3. The van der Waals surface area contributed by atoms with E-state index in [0.29, 0.717) is 24.9 Å². The number of hydrogen-bond donors (Lipinski definition) is 2. The van der Waals surface area contributed by atoms with Crippen molar-refractivity contribution in [2.45, 2.75) is 13.3 Å². The Hall–Kier alpha value is -2.45. The molecule has 0 aliphatic carbocycles. The summed E-state index contributed by atoms with van der Waals surface area (Å²) in [7, 11) is 3.36. The lowest BCUT2D eigenvalue weighted by Crippen LogP contribution is -2.12. The number of methoxy groups -OCH3 is 1. The van der Waals surface area contributed by atoms with E-state index in [2.05, 4.69) is 35.7 Å². The highest BCUT2D eigenvalue weighted by molar-refractivity contribution is 5.35. The molecule has 0 aliphatic rings. The number of anilines is 2. The molecule has 2 aromatic heterocycles.